The molecule has 2 amide bonds. The van der Waals surface area contributed by atoms with Crippen LogP contribution in [0.15, 0.2) is 91.0 Å². The predicted molar refractivity (Wildman–Crippen MR) is 131 cm³/mol. The van der Waals surface area contributed by atoms with E-state index >= 15 is 0 Å². The van der Waals surface area contributed by atoms with Crippen LogP contribution in [0.4, 0.5) is 0 Å². The van der Waals surface area contributed by atoms with Crippen molar-refractivity contribution >= 4 is 17.6 Å². The van der Waals surface area contributed by atoms with Gasteiger partial charge in [-0.3, -0.25) is 19.3 Å². The second-order valence-electron chi connectivity index (χ2n) is 8.33. The maximum Gasteiger partial charge on any atom is 0.231 e. The summed E-state index contributed by atoms with van der Waals surface area (Å²) in [7, 11) is 0. The molecule has 0 aromatic heterocycles. The first kappa shape index (κ1) is 24.0. The zero-order valence-corrected chi connectivity index (χ0v) is 19.3. The van der Waals surface area contributed by atoms with Gasteiger partial charge in [-0.2, -0.15) is 0 Å². The van der Waals surface area contributed by atoms with Crippen LogP contribution in [0.5, 0.6) is 11.5 Å². The molecule has 0 saturated carbocycles. The van der Waals surface area contributed by atoms with Gasteiger partial charge in [0.15, 0.2) is 18.2 Å². The Bertz CT molecular complexity index is 1110. The van der Waals surface area contributed by atoms with Crippen molar-refractivity contribution in [2.75, 3.05) is 6.54 Å². The molecule has 5 rings (SSSR count). The molecule has 2 aliphatic rings. The Morgan fingerprint density at radius 2 is 1.34 bits per heavy atom. The molecule has 1 N–H and O–H groups in total. The lowest BCUT2D eigenvalue weighted by molar-refractivity contribution is -0.163. The summed E-state index contributed by atoms with van der Waals surface area (Å²) >= 11 is 0. The Morgan fingerprint density at radius 1 is 0.800 bits per heavy atom. The number of para-hydroxylation sites is 2. The summed E-state index contributed by atoms with van der Waals surface area (Å²) in [5, 5.41) is 2.63. The number of β-lactam (4-membered cyclic amide) rings is 2. The van der Waals surface area contributed by atoms with Gasteiger partial charge in [0.2, 0.25) is 11.8 Å². The van der Waals surface area contributed by atoms with Crippen molar-refractivity contribution in [1.82, 2.24) is 10.2 Å². The average Bonchev–Trinajstić information content (AvgIpc) is 2.87. The molecular weight excluding hydrogens is 444 g/mol. The summed E-state index contributed by atoms with van der Waals surface area (Å²) in [5.41, 5.74) is 1.13. The number of hydrogen-bond donors (Lipinski definition) is 1. The van der Waals surface area contributed by atoms with E-state index in [1.165, 1.54) is 4.90 Å². The lowest BCUT2D eigenvalue weighted by Crippen LogP contribution is -2.57. The highest BCUT2D eigenvalue weighted by Crippen LogP contribution is 2.23. The van der Waals surface area contributed by atoms with E-state index in [0.29, 0.717) is 31.4 Å². The van der Waals surface area contributed by atoms with Crippen molar-refractivity contribution in [3.05, 3.63) is 96.6 Å². The Morgan fingerprint density at radius 3 is 1.89 bits per heavy atom. The van der Waals surface area contributed by atoms with Gasteiger partial charge in [0.05, 0.1) is 19.4 Å². The van der Waals surface area contributed by atoms with Crippen molar-refractivity contribution in [3.8, 4) is 11.5 Å². The van der Waals surface area contributed by atoms with Crippen LogP contribution in [0, 0.1) is 0 Å². The number of likely N-dealkylation sites (tertiary alicyclic amines) is 1. The largest absolute Gasteiger partial charge is 0.470 e. The minimum atomic E-state index is -0.328. The quantitative estimate of drug-likeness (QED) is 0.480. The topological polar surface area (TPSA) is 84.9 Å². The van der Waals surface area contributed by atoms with Crippen molar-refractivity contribution in [3.63, 3.8) is 0 Å². The third-order valence-corrected chi connectivity index (χ3v) is 5.63. The van der Waals surface area contributed by atoms with Gasteiger partial charge in [-0.25, -0.2) is 0 Å². The van der Waals surface area contributed by atoms with Gasteiger partial charge in [-0.05, 0) is 36.2 Å². The zero-order valence-electron chi connectivity index (χ0n) is 19.3. The minimum Gasteiger partial charge on any atom is -0.470 e. The molecule has 2 atom stereocenters. The van der Waals surface area contributed by atoms with E-state index in [1.54, 1.807) is 0 Å². The first-order valence-electron chi connectivity index (χ1n) is 11.6. The third kappa shape index (κ3) is 7.17. The molecule has 0 aliphatic carbocycles. The van der Waals surface area contributed by atoms with Gasteiger partial charge in [0.1, 0.15) is 11.5 Å². The SMILES string of the molecule is O=C(CCc1ccccc1)CN1C(=O)CC1Oc1ccccc1.O=C1CC(Oc2ccccc2)N1. The fourth-order valence-electron chi connectivity index (χ4n) is 3.64. The fourth-order valence-corrected chi connectivity index (χ4v) is 3.64. The molecule has 2 fully saturated rings. The number of carbonyl (C=O) groups is 3. The van der Waals surface area contributed by atoms with E-state index in [2.05, 4.69) is 5.32 Å². The monoisotopic (exact) mass is 472 g/mol. The number of nitrogens with one attached hydrogen (secondary N) is 1. The van der Waals surface area contributed by atoms with Crippen molar-refractivity contribution in [2.24, 2.45) is 0 Å². The molecule has 180 valence electrons. The van der Waals surface area contributed by atoms with Crippen LogP contribution >= 0.6 is 0 Å². The fraction of sp³-hybridized carbons (Fsp3) is 0.250. The predicted octanol–water partition coefficient (Wildman–Crippen LogP) is 3.74. The van der Waals surface area contributed by atoms with Gasteiger partial charge < -0.3 is 14.8 Å². The summed E-state index contributed by atoms with van der Waals surface area (Å²) in [5.74, 6) is 1.59. The maximum absolute atomic E-state index is 12.1. The van der Waals surface area contributed by atoms with Gasteiger partial charge in [0.25, 0.3) is 0 Å². The second-order valence-corrected chi connectivity index (χ2v) is 8.33. The molecule has 3 aromatic rings. The first-order valence-corrected chi connectivity index (χ1v) is 11.6. The number of hydrogen-bond acceptors (Lipinski definition) is 5. The molecule has 2 unspecified atom stereocenters. The Kier molecular flexibility index (Phi) is 8.12. The highest BCUT2D eigenvalue weighted by Gasteiger charge is 2.38. The summed E-state index contributed by atoms with van der Waals surface area (Å²) in [6.45, 7) is 0.128. The number of carbonyl (C=O) groups excluding carboxylic acids is 3. The van der Waals surface area contributed by atoms with Crippen LogP contribution in [0.1, 0.15) is 24.8 Å². The summed E-state index contributed by atoms with van der Waals surface area (Å²) < 4.78 is 11.1. The van der Waals surface area contributed by atoms with Crippen LogP contribution in [0.25, 0.3) is 0 Å². The van der Waals surface area contributed by atoms with Crippen LogP contribution < -0.4 is 14.8 Å². The molecule has 2 heterocycles. The lowest BCUT2D eigenvalue weighted by atomic mass is 10.1. The number of nitrogens with zero attached hydrogens (tertiary/aromatic N) is 1. The van der Waals surface area contributed by atoms with E-state index in [9.17, 15) is 14.4 Å². The molecule has 0 radical (unpaired) electrons. The number of Topliss-reactive ketones (excluding diaryl/α,β-unsaturated/α-hetero) is 1. The molecule has 35 heavy (non-hydrogen) atoms. The number of ether oxygens (including phenoxy) is 2. The average molecular weight is 473 g/mol. The molecule has 2 saturated heterocycles. The minimum absolute atomic E-state index is 0.0287. The maximum atomic E-state index is 12.1. The van der Waals surface area contributed by atoms with Gasteiger partial charge in [-0.1, -0.05) is 66.7 Å². The molecule has 3 aromatic carbocycles. The number of amides is 2. The van der Waals surface area contributed by atoms with E-state index in [-0.39, 0.29) is 36.6 Å². The van der Waals surface area contributed by atoms with Gasteiger partial charge in [0, 0.05) is 6.42 Å². The van der Waals surface area contributed by atoms with Crippen molar-refractivity contribution in [1.29, 1.82) is 0 Å². The van der Waals surface area contributed by atoms with Crippen LogP contribution in [-0.4, -0.2) is 41.5 Å². The highest BCUT2D eigenvalue weighted by molar-refractivity contribution is 5.89. The Labute approximate surface area is 204 Å². The van der Waals surface area contributed by atoms with Crippen LogP contribution in [-0.2, 0) is 20.8 Å². The van der Waals surface area contributed by atoms with E-state index in [1.807, 2.05) is 91.0 Å². The zero-order chi connectivity index (χ0) is 24.5. The van der Waals surface area contributed by atoms with E-state index in [0.717, 1.165) is 11.3 Å². The number of ketones is 1. The highest BCUT2D eigenvalue weighted by atomic mass is 16.5. The Hall–Kier alpha value is -4.13. The lowest BCUT2D eigenvalue weighted by Gasteiger charge is -2.39. The van der Waals surface area contributed by atoms with Crippen LogP contribution in [0.2, 0.25) is 0 Å². The van der Waals surface area contributed by atoms with Crippen molar-refractivity contribution < 1.29 is 23.9 Å². The molecular formula is C28H28N2O5. The molecule has 7 heteroatoms. The normalized spacial score (nSPS) is 18.2. The molecule has 0 spiro atoms. The summed E-state index contributed by atoms with van der Waals surface area (Å²) in [6.07, 6.45) is 1.48. The summed E-state index contributed by atoms with van der Waals surface area (Å²) in [4.78, 5) is 35.9. The standard InChI is InChI=1S/C19H19NO3.C9H9NO2/c21-16(12-11-15-7-3-1-4-8-15)14-20-18(22)13-19(20)23-17-9-5-2-6-10-17;11-8-6-9(10-8)12-7-4-2-1-3-5-7/h1-10,19H,11-14H2;1-5,9H,6H2,(H,10,11). The molecule has 7 nitrogen and oxygen atoms in total. The van der Waals surface area contributed by atoms with Gasteiger partial charge >= 0.3 is 0 Å². The Balaban J connectivity index is 0.000000201. The third-order valence-electron chi connectivity index (χ3n) is 5.63. The van der Waals surface area contributed by atoms with E-state index in [4.69, 9.17) is 9.47 Å². The van der Waals surface area contributed by atoms with Gasteiger partial charge in [-0.15, -0.1) is 0 Å². The van der Waals surface area contributed by atoms with Crippen LogP contribution in [0.3, 0.4) is 0 Å². The first-order chi connectivity index (χ1) is 17.1. The number of rotatable bonds is 9. The number of benzene rings is 3. The summed E-state index contributed by atoms with van der Waals surface area (Å²) in [6, 6.07) is 28.7. The number of aryl methyl sites for hydroxylation is 1. The molecule has 2 aliphatic heterocycles. The van der Waals surface area contributed by atoms with E-state index < -0.39 is 0 Å². The van der Waals surface area contributed by atoms with Crippen molar-refractivity contribution in [2.45, 2.75) is 38.1 Å². The second kappa shape index (κ2) is 11.8. The smallest absolute Gasteiger partial charge is 0.231 e. The molecule has 0 bridgehead atoms.